The average Bonchev–Trinajstić information content (AvgIpc) is 2.79. The molecule has 0 atom stereocenters. The third-order valence-corrected chi connectivity index (χ3v) is 7.59. The van der Waals surface area contributed by atoms with E-state index in [0.717, 1.165) is 11.3 Å². The van der Waals surface area contributed by atoms with Gasteiger partial charge in [-0.3, -0.25) is 4.79 Å². The van der Waals surface area contributed by atoms with Gasteiger partial charge in [-0.1, -0.05) is 30.3 Å². The molecule has 8 heteroatoms. The summed E-state index contributed by atoms with van der Waals surface area (Å²) in [6.45, 7) is 0.414. The highest BCUT2D eigenvalue weighted by atomic mass is 32.2. The van der Waals surface area contributed by atoms with Crippen molar-refractivity contribution < 1.29 is 17.9 Å². The molecular weight excluding hydrogens is 432 g/mol. The predicted molar refractivity (Wildman–Crippen MR) is 122 cm³/mol. The van der Waals surface area contributed by atoms with E-state index in [1.807, 2.05) is 24.3 Å². The Morgan fingerprint density at radius 2 is 1.84 bits per heavy atom. The lowest BCUT2D eigenvalue weighted by atomic mass is 10.2. The molecular formula is C23H24N2O4S2. The predicted octanol–water partition coefficient (Wildman–Crippen LogP) is 3.93. The van der Waals surface area contributed by atoms with Crippen LogP contribution in [-0.4, -0.2) is 49.9 Å². The fourth-order valence-corrected chi connectivity index (χ4v) is 5.64. The fourth-order valence-electron chi connectivity index (χ4n) is 2.98. The van der Waals surface area contributed by atoms with Crippen LogP contribution in [0, 0.1) is 0 Å². The number of methoxy groups -OCH3 is 1. The first kappa shape index (κ1) is 22.8. The molecule has 162 valence electrons. The lowest BCUT2D eigenvalue weighted by molar-refractivity contribution is 0.0780. The molecule has 2 aromatic carbocycles. The van der Waals surface area contributed by atoms with E-state index in [9.17, 15) is 13.2 Å². The maximum absolute atomic E-state index is 13.0. The molecule has 3 aromatic rings. The Morgan fingerprint density at radius 1 is 1.06 bits per heavy atom. The van der Waals surface area contributed by atoms with Gasteiger partial charge >= 0.3 is 0 Å². The smallest absolute Gasteiger partial charge is 0.256 e. The third-order valence-electron chi connectivity index (χ3n) is 4.60. The van der Waals surface area contributed by atoms with Crippen LogP contribution in [-0.2, 0) is 16.4 Å². The third kappa shape index (κ3) is 6.08. The monoisotopic (exact) mass is 456 g/mol. The normalized spacial score (nSPS) is 11.2. The van der Waals surface area contributed by atoms with Crippen molar-refractivity contribution in [1.82, 2.24) is 9.88 Å². The number of amides is 1. The van der Waals surface area contributed by atoms with Gasteiger partial charge in [0, 0.05) is 25.5 Å². The van der Waals surface area contributed by atoms with Gasteiger partial charge in [0.1, 0.15) is 10.8 Å². The van der Waals surface area contributed by atoms with Gasteiger partial charge in [-0.2, -0.15) is 0 Å². The van der Waals surface area contributed by atoms with Crippen LogP contribution < -0.4 is 4.74 Å². The topological polar surface area (TPSA) is 76.6 Å². The highest BCUT2D eigenvalue weighted by Gasteiger charge is 2.19. The van der Waals surface area contributed by atoms with E-state index in [1.54, 1.807) is 67.7 Å². The molecule has 0 aliphatic rings. The van der Waals surface area contributed by atoms with Crippen molar-refractivity contribution in [2.75, 3.05) is 25.7 Å². The number of rotatable bonds is 9. The fraction of sp³-hybridized carbons (Fsp3) is 0.217. The number of sulfone groups is 1. The molecule has 0 fully saturated rings. The number of ether oxygens (including phenoxy) is 1. The Labute approximate surface area is 187 Å². The Morgan fingerprint density at radius 3 is 2.58 bits per heavy atom. The molecule has 0 saturated heterocycles. The number of pyridine rings is 1. The standard InChI is InChI=1S/C23H24N2O4S2/c1-25(17-18-8-6-9-19(16-18)29-2)23(26)21-12-7-13-24-22(21)30-14-15-31(27,28)20-10-4-3-5-11-20/h3-13,16H,14-15,17H2,1-2H3. The second-order valence-corrected chi connectivity index (χ2v) is 10.0. The summed E-state index contributed by atoms with van der Waals surface area (Å²) in [4.78, 5) is 19.2. The van der Waals surface area contributed by atoms with Crippen LogP contribution in [0.5, 0.6) is 5.75 Å². The first-order chi connectivity index (χ1) is 14.9. The van der Waals surface area contributed by atoms with Gasteiger partial charge in [-0.15, -0.1) is 11.8 Å². The maximum atomic E-state index is 13.0. The van der Waals surface area contributed by atoms with Gasteiger partial charge in [0.25, 0.3) is 5.91 Å². The number of aromatic nitrogens is 1. The van der Waals surface area contributed by atoms with E-state index in [0.29, 0.717) is 27.8 Å². The van der Waals surface area contributed by atoms with Crippen molar-refractivity contribution in [1.29, 1.82) is 0 Å². The first-order valence-electron chi connectivity index (χ1n) is 9.65. The van der Waals surface area contributed by atoms with E-state index < -0.39 is 9.84 Å². The molecule has 0 bridgehead atoms. The summed E-state index contributed by atoms with van der Waals surface area (Å²) in [5.41, 5.74) is 1.40. The van der Waals surface area contributed by atoms with E-state index in [2.05, 4.69) is 4.98 Å². The number of thioether (sulfide) groups is 1. The Balaban J connectivity index is 1.67. The molecule has 3 rings (SSSR count). The summed E-state index contributed by atoms with van der Waals surface area (Å²) in [6, 6.07) is 19.3. The van der Waals surface area contributed by atoms with Crippen molar-refractivity contribution in [3.05, 3.63) is 84.1 Å². The number of carbonyl (C=O) groups excluding carboxylic acids is 1. The summed E-state index contributed by atoms with van der Waals surface area (Å²) in [5, 5.41) is 0.522. The molecule has 0 aliphatic carbocycles. The van der Waals surface area contributed by atoms with Gasteiger partial charge in [-0.25, -0.2) is 13.4 Å². The SMILES string of the molecule is COc1cccc(CN(C)C(=O)c2cccnc2SCCS(=O)(=O)c2ccccc2)c1. The molecule has 0 N–H and O–H groups in total. The minimum absolute atomic E-state index is 0.0362. The lowest BCUT2D eigenvalue weighted by Gasteiger charge is -2.19. The summed E-state index contributed by atoms with van der Waals surface area (Å²) in [6.07, 6.45) is 1.60. The molecule has 0 spiro atoms. The molecule has 1 heterocycles. The number of hydrogen-bond acceptors (Lipinski definition) is 6. The van der Waals surface area contributed by atoms with Crippen LogP contribution in [0.3, 0.4) is 0 Å². The summed E-state index contributed by atoms with van der Waals surface area (Å²) >= 11 is 1.27. The van der Waals surface area contributed by atoms with Gasteiger partial charge < -0.3 is 9.64 Å². The highest BCUT2D eigenvalue weighted by molar-refractivity contribution is 8.00. The van der Waals surface area contributed by atoms with Crippen molar-refractivity contribution in [3.8, 4) is 5.75 Å². The molecule has 0 saturated carbocycles. The van der Waals surface area contributed by atoms with E-state index >= 15 is 0 Å². The zero-order valence-corrected chi connectivity index (χ0v) is 19.0. The van der Waals surface area contributed by atoms with Crippen LogP contribution in [0.1, 0.15) is 15.9 Å². The number of nitrogens with zero attached hydrogens (tertiary/aromatic N) is 2. The van der Waals surface area contributed by atoms with E-state index in [4.69, 9.17) is 4.74 Å². The minimum Gasteiger partial charge on any atom is -0.497 e. The average molecular weight is 457 g/mol. The van der Waals surface area contributed by atoms with Crippen molar-refractivity contribution in [2.45, 2.75) is 16.5 Å². The minimum atomic E-state index is -3.38. The number of carbonyl (C=O) groups is 1. The summed E-state index contributed by atoms with van der Waals surface area (Å²) < 4.78 is 30.2. The Kier molecular flexibility index (Phi) is 7.70. The zero-order chi connectivity index (χ0) is 22.3. The molecule has 0 radical (unpaired) electrons. The van der Waals surface area contributed by atoms with E-state index in [-0.39, 0.29) is 11.7 Å². The number of benzene rings is 2. The maximum Gasteiger partial charge on any atom is 0.256 e. The molecule has 6 nitrogen and oxygen atoms in total. The van der Waals surface area contributed by atoms with Crippen molar-refractivity contribution in [3.63, 3.8) is 0 Å². The summed E-state index contributed by atoms with van der Waals surface area (Å²) in [7, 11) is -0.0554. The van der Waals surface area contributed by atoms with Gasteiger partial charge in [0.05, 0.1) is 23.3 Å². The molecule has 1 amide bonds. The van der Waals surface area contributed by atoms with E-state index in [1.165, 1.54) is 11.8 Å². The van der Waals surface area contributed by atoms with Crippen LogP contribution in [0.15, 0.2) is 82.8 Å². The first-order valence-corrected chi connectivity index (χ1v) is 12.3. The van der Waals surface area contributed by atoms with Crippen molar-refractivity contribution >= 4 is 27.5 Å². The number of hydrogen-bond donors (Lipinski definition) is 0. The molecule has 31 heavy (non-hydrogen) atoms. The summed E-state index contributed by atoms with van der Waals surface area (Å²) in [5.74, 6) is 0.819. The van der Waals surface area contributed by atoms with Crippen LogP contribution in [0.2, 0.25) is 0 Å². The zero-order valence-electron chi connectivity index (χ0n) is 17.4. The van der Waals surface area contributed by atoms with Gasteiger partial charge in [0.15, 0.2) is 9.84 Å². The Hall–Kier alpha value is -2.84. The highest BCUT2D eigenvalue weighted by Crippen LogP contribution is 2.23. The van der Waals surface area contributed by atoms with Gasteiger partial charge in [0.2, 0.25) is 0 Å². The van der Waals surface area contributed by atoms with Crippen LogP contribution in [0.25, 0.3) is 0 Å². The lowest BCUT2D eigenvalue weighted by Crippen LogP contribution is -2.27. The largest absolute Gasteiger partial charge is 0.497 e. The second kappa shape index (κ2) is 10.5. The molecule has 0 aliphatic heterocycles. The van der Waals surface area contributed by atoms with Crippen LogP contribution >= 0.6 is 11.8 Å². The second-order valence-electron chi connectivity index (χ2n) is 6.85. The van der Waals surface area contributed by atoms with Crippen LogP contribution in [0.4, 0.5) is 0 Å². The molecule has 1 aromatic heterocycles. The molecule has 0 unspecified atom stereocenters. The van der Waals surface area contributed by atoms with Crippen molar-refractivity contribution in [2.24, 2.45) is 0 Å². The quantitative estimate of drug-likeness (QED) is 0.454. The Bertz CT molecular complexity index is 1140. The van der Waals surface area contributed by atoms with Gasteiger partial charge in [-0.05, 0) is 42.0 Å².